The summed E-state index contributed by atoms with van der Waals surface area (Å²) in [5.41, 5.74) is 2.32. The minimum absolute atomic E-state index is 0.213. The molecule has 1 amide bonds. The molecule has 0 saturated carbocycles. The number of methoxy groups -OCH3 is 1. The second-order valence-electron chi connectivity index (χ2n) is 7.05. The number of benzene rings is 1. The van der Waals surface area contributed by atoms with Gasteiger partial charge in [0.2, 0.25) is 11.8 Å². The van der Waals surface area contributed by atoms with Crippen molar-refractivity contribution in [2.75, 3.05) is 33.3 Å². The fourth-order valence-corrected chi connectivity index (χ4v) is 3.63. The van der Waals surface area contributed by atoms with Crippen molar-refractivity contribution in [2.45, 2.75) is 26.0 Å². The molecule has 1 aromatic carbocycles. The van der Waals surface area contributed by atoms with Crippen LogP contribution in [0.5, 0.6) is 0 Å². The Hall–Kier alpha value is -2.71. The third kappa shape index (κ3) is 4.23. The van der Waals surface area contributed by atoms with Crippen LogP contribution in [0.4, 0.5) is 0 Å². The van der Waals surface area contributed by atoms with Gasteiger partial charge in [-0.25, -0.2) is 0 Å². The van der Waals surface area contributed by atoms with Crippen molar-refractivity contribution in [2.24, 2.45) is 0 Å². The van der Waals surface area contributed by atoms with Crippen LogP contribution in [0.3, 0.4) is 0 Å². The van der Waals surface area contributed by atoms with Crippen LogP contribution in [0, 0.1) is 0 Å². The van der Waals surface area contributed by atoms with E-state index in [1.165, 1.54) is 10.9 Å². The van der Waals surface area contributed by atoms with Gasteiger partial charge in [-0.2, -0.15) is 4.98 Å². The topological polar surface area (TPSA) is 87.5 Å². The number of carbonyl (C=O) groups is 1. The van der Waals surface area contributed by atoms with Gasteiger partial charge in [-0.15, -0.1) is 0 Å². The fourth-order valence-electron chi connectivity index (χ4n) is 3.63. The van der Waals surface area contributed by atoms with Crippen molar-refractivity contribution in [3.05, 3.63) is 47.7 Å². The zero-order valence-corrected chi connectivity index (χ0v) is 16.1. The number of fused-ring (bicyclic) bond motifs is 1. The van der Waals surface area contributed by atoms with Gasteiger partial charge in [-0.05, 0) is 18.1 Å². The summed E-state index contributed by atoms with van der Waals surface area (Å²) in [7, 11) is 1.60. The first-order chi connectivity index (χ1) is 13.7. The second kappa shape index (κ2) is 8.53. The number of piperazine rings is 1. The maximum Gasteiger partial charge on any atom is 0.240 e. The lowest BCUT2D eigenvalue weighted by Gasteiger charge is -2.34. The molecule has 3 aromatic rings. The molecule has 0 spiro atoms. The van der Waals surface area contributed by atoms with Gasteiger partial charge in [0.25, 0.3) is 0 Å². The van der Waals surface area contributed by atoms with Crippen LogP contribution in [0.2, 0.25) is 0 Å². The maximum atomic E-state index is 12.6. The monoisotopic (exact) mass is 383 g/mol. The molecule has 1 saturated heterocycles. The Kier molecular flexibility index (Phi) is 5.68. The third-order valence-corrected chi connectivity index (χ3v) is 5.15. The first-order valence-electron chi connectivity index (χ1n) is 9.58. The number of ether oxygens (including phenoxy) is 1. The third-order valence-electron chi connectivity index (χ3n) is 5.15. The normalized spacial score (nSPS) is 15.4. The molecule has 0 atom stereocenters. The summed E-state index contributed by atoms with van der Waals surface area (Å²) in [5.74, 6) is 1.36. The van der Waals surface area contributed by atoms with Gasteiger partial charge >= 0.3 is 0 Å². The molecule has 8 nitrogen and oxygen atoms in total. The minimum atomic E-state index is 0.213. The summed E-state index contributed by atoms with van der Waals surface area (Å²) in [6.45, 7) is 4.02. The lowest BCUT2D eigenvalue weighted by molar-refractivity contribution is -0.133. The average Bonchev–Trinajstić information content (AvgIpc) is 3.34. The highest BCUT2D eigenvalue weighted by atomic mass is 16.5. The molecular weight excluding hydrogens is 358 g/mol. The summed E-state index contributed by atoms with van der Waals surface area (Å²) in [6.07, 6.45) is 3.30. The lowest BCUT2D eigenvalue weighted by Crippen LogP contribution is -2.48. The Labute approximate surface area is 163 Å². The first-order valence-corrected chi connectivity index (χ1v) is 9.58. The number of para-hydroxylation sites is 1. The van der Waals surface area contributed by atoms with Crippen molar-refractivity contribution in [1.29, 1.82) is 0 Å². The summed E-state index contributed by atoms with van der Waals surface area (Å²) < 4.78 is 10.2. The first kappa shape index (κ1) is 18.6. The molecule has 0 aliphatic carbocycles. The highest BCUT2D eigenvalue weighted by Gasteiger charge is 2.22. The van der Waals surface area contributed by atoms with Crippen molar-refractivity contribution in [3.63, 3.8) is 0 Å². The number of nitrogens with zero attached hydrogens (tertiary/aromatic N) is 4. The number of nitrogens with one attached hydrogen (secondary N) is 1. The van der Waals surface area contributed by atoms with E-state index in [1.54, 1.807) is 7.11 Å². The predicted octanol–water partition coefficient (Wildman–Crippen LogP) is 1.97. The molecule has 4 rings (SSSR count). The van der Waals surface area contributed by atoms with Crippen molar-refractivity contribution in [1.82, 2.24) is 24.9 Å². The number of aryl methyl sites for hydroxylation is 1. The Balaban J connectivity index is 1.24. The minimum Gasteiger partial charge on any atom is -0.377 e. The van der Waals surface area contributed by atoms with Crippen LogP contribution in [-0.2, 0) is 29.1 Å². The number of carbonyl (C=O) groups excluding carboxylic acids is 1. The zero-order chi connectivity index (χ0) is 19.3. The molecule has 1 fully saturated rings. The second-order valence-corrected chi connectivity index (χ2v) is 7.05. The van der Waals surface area contributed by atoms with Gasteiger partial charge < -0.3 is 19.1 Å². The Morgan fingerprint density at radius 3 is 2.89 bits per heavy atom. The fraction of sp³-hybridized carbons (Fsp3) is 0.450. The van der Waals surface area contributed by atoms with E-state index in [0.29, 0.717) is 31.3 Å². The van der Waals surface area contributed by atoms with Crippen LogP contribution >= 0.6 is 0 Å². The van der Waals surface area contributed by atoms with E-state index in [9.17, 15) is 4.79 Å². The van der Waals surface area contributed by atoms with Crippen molar-refractivity contribution < 1.29 is 14.1 Å². The van der Waals surface area contributed by atoms with E-state index in [2.05, 4.69) is 32.2 Å². The number of H-pyrrole nitrogens is 1. The number of rotatable bonds is 7. The standard InChI is InChI=1S/C20H25N5O3/c1-27-14-18-22-19(28-23-18)13-24-8-10-25(11-9-24)20(26)7-6-15-12-21-17-5-3-2-4-16(15)17/h2-5,12,21H,6-11,13-14H2,1H3. The van der Waals surface area contributed by atoms with E-state index >= 15 is 0 Å². The number of amides is 1. The van der Waals surface area contributed by atoms with Crippen molar-refractivity contribution >= 4 is 16.8 Å². The predicted molar refractivity (Wildman–Crippen MR) is 103 cm³/mol. The van der Waals surface area contributed by atoms with Crippen molar-refractivity contribution in [3.8, 4) is 0 Å². The van der Waals surface area contributed by atoms with E-state index < -0.39 is 0 Å². The molecule has 148 valence electrons. The largest absolute Gasteiger partial charge is 0.377 e. The highest BCUT2D eigenvalue weighted by Crippen LogP contribution is 2.19. The van der Waals surface area contributed by atoms with Gasteiger partial charge in [0.15, 0.2) is 5.82 Å². The zero-order valence-electron chi connectivity index (χ0n) is 16.1. The Bertz CT molecular complexity index is 927. The highest BCUT2D eigenvalue weighted by molar-refractivity contribution is 5.84. The maximum absolute atomic E-state index is 12.6. The molecular formula is C20H25N5O3. The summed E-state index contributed by atoms with van der Waals surface area (Å²) in [5, 5.41) is 5.08. The van der Waals surface area contributed by atoms with Gasteiger partial charge in [0.1, 0.15) is 6.61 Å². The molecule has 28 heavy (non-hydrogen) atoms. The molecule has 1 aliphatic rings. The summed E-state index contributed by atoms with van der Waals surface area (Å²) in [4.78, 5) is 24.4. The van der Waals surface area contributed by atoms with E-state index in [1.807, 2.05) is 23.2 Å². The lowest BCUT2D eigenvalue weighted by atomic mass is 10.1. The van der Waals surface area contributed by atoms with Crippen LogP contribution in [0.15, 0.2) is 35.0 Å². The Morgan fingerprint density at radius 2 is 2.07 bits per heavy atom. The van der Waals surface area contributed by atoms with Crippen LogP contribution < -0.4 is 0 Å². The van der Waals surface area contributed by atoms with E-state index in [-0.39, 0.29) is 5.91 Å². The number of hydrogen-bond acceptors (Lipinski definition) is 6. The van der Waals surface area contributed by atoms with E-state index in [4.69, 9.17) is 9.26 Å². The van der Waals surface area contributed by atoms with E-state index in [0.717, 1.165) is 38.1 Å². The summed E-state index contributed by atoms with van der Waals surface area (Å²) >= 11 is 0. The van der Waals surface area contributed by atoms with Gasteiger partial charge in [0.05, 0.1) is 6.54 Å². The molecule has 0 unspecified atom stereocenters. The molecule has 0 bridgehead atoms. The quantitative estimate of drug-likeness (QED) is 0.671. The molecule has 1 N–H and O–H groups in total. The number of aromatic nitrogens is 3. The smallest absolute Gasteiger partial charge is 0.240 e. The molecule has 0 radical (unpaired) electrons. The number of aromatic amines is 1. The molecule has 8 heteroatoms. The van der Waals surface area contributed by atoms with Crippen LogP contribution in [-0.4, -0.2) is 64.1 Å². The van der Waals surface area contributed by atoms with Crippen LogP contribution in [0.1, 0.15) is 23.7 Å². The average molecular weight is 383 g/mol. The number of hydrogen-bond donors (Lipinski definition) is 1. The summed E-state index contributed by atoms with van der Waals surface area (Å²) in [6, 6.07) is 8.20. The molecule has 2 aromatic heterocycles. The molecule has 3 heterocycles. The SMILES string of the molecule is COCc1noc(CN2CCN(C(=O)CCc3c[nH]c4ccccc34)CC2)n1. The molecule has 1 aliphatic heterocycles. The van der Waals surface area contributed by atoms with Gasteiger partial charge in [-0.1, -0.05) is 23.4 Å². The van der Waals surface area contributed by atoms with Gasteiger partial charge in [-0.3, -0.25) is 9.69 Å². The van der Waals surface area contributed by atoms with Gasteiger partial charge in [0, 0.05) is 56.8 Å². The van der Waals surface area contributed by atoms with Crippen LogP contribution in [0.25, 0.3) is 10.9 Å². The Morgan fingerprint density at radius 1 is 1.25 bits per heavy atom.